The Morgan fingerprint density at radius 1 is 1.43 bits per heavy atom. The minimum absolute atomic E-state index is 0.0811. The van der Waals surface area contributed by atoms with Crippen LogP contribution in [-0.2, 0) is 0 Å². The van der Waals surface area contributed by atoms with Crippen molar-refractivity contribution in [3.05, 3.63) is 55.0 Å². The zero-order valence-electron chi connectivity index (χ0n) is 11.1. The first-order chi connectivity index (χ1) is 10.0. The summed E-state index contributed by atoms with van der Waals surface area (Å²) in [5, 5.41) is 11.0. The molecule has 1 aliphatic carbocycles. The lowest BCUT2D eigenvalue weighted by Gasteiger charge is -2.07. The Kier molecular flexibility index (Phi) is 3.51. The van der Waals surface area contributed by atoms with Gasteiger partial charge in [-0.05, 0) is 43.3 Å². The average molecular weight is 323 g/mol. The molecule has 0 aliphatic heterocycles. The molecule has 1 aromatic heterocycles. The lowest BCUT2D eigenvalue weighted by Crippen LogP contribution is -2.05. The molecular weight excluding hydrogens is 312 g/mol. The van der Waals surface area contributed by atoms with Crippen molar-refractivity contribution in [2.75, 3.05) is 0 Å². The van der Waals surface area contributed by atoms with Gasteiger partial charge in [0.1, 0.15) is 0 Å². The van der Waals surface area contributed by atoms with Gasteiger partial charge in [0.25, 0.3) is 5.69 Å². The second-order valence-corrected chi connectivity index (χ2v) is 6.25. The number of aromatic nitrogens is 1. The fourth-order valence-corrected chi connectivity index (χ4v) is 3.40. The molecule has 1 heterocycles. The number of carbonyl (C=O) groups is 1. The van der Waals surface area contributed by atoms with Crippen molar-refractivity contribution in [1.29, 1.82) is 0 Å². The third kappa shape index (κ3) is 2.45. The largest absolute Gasteiger partial charge is 0.288 e. The Balaban J connectivity index is 2.04. The van der Waals surface area contributed by atoms with Crippen molar-refractivity contribution in [3.63, 3.8) is 0 Å². The molecule has 0 saturated heterocycles. The van der Waals surface area contributed by atoms with Crippen molar-refractivity contribution < 1.29 is 9.72 Å². The highest BCUT2D eigenvalue weighted by atomic mass is 35.5. The van der Waals surface area contributed by atoms with Gasteiger partial charge in [0.2, 0.25) is 0 Å². The minimum atomic E-state index is -0.503. The highest BCUT2D eigenvalue weighted by molar-refractivity contribution is 7.06. The SMILES string of the molecule is Cc1c([N+](=O)[O-])ccc(C(=O)c2cnsc2C2CC2)c1Cl. The predicted molar refractivity (Wildman–Crippen MR) is 80.4 cm³/mol. The van der Waals surface area contributed by atoms with E-state index in [1.807, 2.05) is 0 Å². The Bertz CT molecular complexity index is 753. The summed E-state index contributed by atoms with van der Waals surface area (Å²) in [5.74, 6) is 0.211. The molecule has 108 valence electrons. The molecule has 1 fully saturated rings. The highest BCUT2D eigenvalue weighted by Crippen LogP contribution is 2.44. The Morgan fingerprint density at radius 3 is 2.76 bits per heavy atom. The van der Waals surface area contributed by atoms with Crippen molar-refractivity contribution in [2.24, 2.45) is 0 Å². The van der Waals surface area contributed by atoms with E-state index in [-0.39, 0.29) is 16.5 Å². The maximum absolute atomic E-state index is 12.6. The summed E-state index contributed by atoms with van der Waals surface area (Å²) in [6.07, 6.45) is 3.72. The molecule has 21 heavy (non-hydrogen) atoms. The number of rotatable bonds is 4. The van der Waals surface area contributed by atoms with Gasteiger partial charge in [0.15, 0.2) is 5.78 Å². The number of benzene rings is 1. The van der Waals surface area contributed by atoms with Crippen LogP contribution in [0.2, 0.25) is 5.02 Å². The lowest BCUT2D eigenvalue weighted by atomic mass is 10.0. The monoisotopic (exact) mass is 322 g/mol. The number of nitrogens with zero attached hydrogens (tertiary/aromatic N) is 2. The van der Waals surface area contributed by atoms with Crippen LogP contribution in [0.1, 0.15) is 45.1 Å². The fraction of sp³-hybridized carbons (Fsp3) is 0.286. The Labute approximate surface area is 129 Å². The topological polar surface area (TPSA) is 73.1 Å². The zero-order valence-corrected chi connectivity index (χ0v) is 12.7. The molecule has 0 N–H and O–H groups in total. The molecule has 1 saturated carbocycles. The van der Waals surface area contributed by atoms with E-state index in [1.165, 1.54) is 23.7 Å². The Morgan fingerprint density at radius 2 is 2.14 bits per heavy atom. The van der Waals surface area contributed by atoms with Crippen molar-refractivity contribution in [2.45, 2.75) is 25.7 Å². The minimum Gasteiger partial charge on any atom is -0.288 e. The van der Waals surface area contributed by atoms with Crippen molar-refractivity contribution in [1.82, 2.24) is 4.37 Å². The first kappa shape index (κ1) is 14.2. The summed E-state index contributed by atoms with van der Waals surface area (Å²) in [4.78, 5) is 24.0. The van der Waals surface area contributed by atoms with Crippen LogP contribution in [0, 0.1) is 17.0 Å². The third-order valence-corrected chi connectivity index (χ3v) is 5.04. The van der Waals surface area contributed by atoms with Gasteiger partial charge in [-0.3, -0.25) is 14.9 Å². The molecular formula is C14H11ClN2O3S. The summed E-state index contributed by atoms with van der Waals surface area (Å²) in [6.45, 7) is 1.55. The molecule has 0 bridgehead atoms. The van der Waals surface area contributed by atoms with Gasteiger partial charge >= 0.3 is 0 Å². The molecule has 0 radical (unpaired) electrons. The van der Waals surface area contributed by atoms with Crippen LogP contribution in [0.25, 0.3) is 0 Å². The first-order valence-corrected chi connectivity index (χ1v) is 7.58. The summed E-state index contributed by atoms with van der Waals surface area (Å²) in [6, 6.07) is 2.75. The highest BCUT2D eigenvalue weighted by Gasteiger charge is 2.31. The van der Waals surface area contributed by atoms with Crippen LogP contribution in [0.4, 0.5) is 5.69 Å². The number of halogens is 1. The quantitative estimate of drug-likeness (QED) is 0.482. The van der Waals surface area contributed by atoms with Gasteiger partial charge in [-0.2, -0.15) is 0 Å². The summed E-state index contributed by atoms with van der Waals surface area (Å²) < 4.78 is 4.10. The average Bonchev–Trinajstić information content (AvgIpc) is 3.18. The van der Waals surface area contributed by atoms with Crippen molar-refractivity contribution >= 4 is 34.6 Å². The van der Waals surface area contributed by atoms with Crippen LogP contribution in [0.15, 0.2) is 18.3 Å². The summed E-state index contributed by atoms with van der Waals surface area (Å²) >= 11 is 7.50. The standard InChI is InChI=1S/C14H11ClN2O3S/c1-7-11(17(19)20)5-4-9(12(7)15)13(18)10-6-16-21-14(10)8-2-3-8/h4-6,8H,2-3H2,1H3. The summed E-state index contributed by atoms with van der Waals surface area (Å²) in [5.41, 5.74) is 1.09. The normalized spacial score (nSPS) is 14.2. The van der Waals surface area contributed by atoms with E-state index in [9.17, 15) is 14.9 Å². The van der Waals surface area contributed by atoms with Gasteiger partial charge in [0, 0.05) is 22.1 Å². The number of hydrogen-bond acceptors (Lipinski definition) is 5. The number of carbonyl (C=O) groups excluding carboxylic acids is 1. The molecule has 1 aromatic carbocycles. The first-order valence-electron chi connectivity index (χ1n) is 6.43. The molecule has 0 atom stereocenters. The number of ketones is 1. The smallest absolute Gasteiger partial charge is 0.273 e. The van der Waals surface area contributed by atoms with Crippen LogP contribution >= 0.6 is 23.1 Å². The predicted octanol–water partition coefficient (Wildman–Crippen LogP) is 4.12. The van der Waals surface area contributed by atoms with Crippen LogP contribution in [0.3, 0.4) is 0 Å². The van der Waals surface area contributed by atoms with Crippen molar-refractivity contribution in [3.8, 4) is 0 Å². The molecule has 0 amide bonds. The van der Waals surface area contributed by atoms with E-state index in [4.69, 9.17) is 11.6 Å². The van der Waals surface area contributed by atoms with Gasteiger partial charge < -0.3 is 0 Å². The lowest BCUT2D eigenvalue weighted by molar-refractivity contribution is -0.385. The van der Waals surface area contributed by atoms with E-state index in [2.05, 4.69) is 4.37 Å². The number of nitro benzene ring substituents is 1. The van der Waals surface area contributed by atoms with Gasteiger partial charge in [-0.15, -0.1) is 0 Å². The summed E-state index contributed by atoms with van der Waals surface area (Å²) in [7, 11) is 0. The fourth-order valence-electron chi connectivity index (χ4n) is 2.25. The maximum Gasteiger partial charge on any atom is 0.273 e. The van der Waals surface area contributed by atoms with E-state index in [0.717, 1.165) is 17.7 Å². The molecule has 7 heteroatoms. The van der Waals surface area contributed by atoms with E-state index in [0.29, 0.717) is 22.6 Å². The Hall–Kier alpha value is -1.79. The van der Waals surface area contributed by atoms with E-state index >= 15 is 0 Å². The van der Waals surface area contributed by atoms with E-state index in [1.54, 1.807) is 13.1 Å². The third-order valence-electron chi connectivity index (χ3n) is 3.59. The van der Waals surface area contributed by atoms with Gasteiger partial charge in [-0.1, -0.05) is 11.6 Å². The van der Waals surface area contributed by atoms with Crippen LogP contribution in [0.5, 0.6) is 0 Å². The molecule has 2 aromatic rings. The van der Waals surface area contributed by atoms with Gasteiger partial charge in [-0.25, -0.2) is 4.37 Å². The second kappa shape index (κ2) is 5.20. The number of nitro groups is 1. The zero-order chi connectivity index (χ0) is 15.1. The van der Waals surface area contributed by atoms with E-state index < -0.39 is 4.92 Å². The second-order valence-electron chi connectivity index (χ2n) is 5.04. The van der Waals surface area contributed by atoms with Crippen LogP contribution < -0.4 is 0 Å². The molecule has 3 rings (SSSR count). The molecule has 0 unspecified atom stereocenters. The molecule has 0 spiro atoms. The maximum atomic E-state index is 12.6. The van der Waals surface area contributed by atoms with Gasteiger partial charge in [0.05, 0.1) is 21.7 Å². The molecule has 5 nitrogen and oxygen atoms in total. The van der Waals surface area contributed by atoms with Crippen LogP contribution in [-0.4, -0.2) is 15.1 Å². The molecule has 1 aliphatic rings. The number of hydrogen-bond donors (Lipinski definition) is 0.